The molecule has 0 spiro atoms. The van der Waals surface area contributed by atoms with Crippen molar-refractivity contribution < 1.29 is 58.2 Å². The highest BCUT2D eigenvalue weighted by molar-refractivity contribution is 7.99. The van der Waals surface area contributed by atoms with Gasteiger partial charge in [-0.1, -0.05) is 71.1 Å². The van der Waals surface area contributed by atoms with E-state index in [0.29, 0.717) is 68.6 Å². The summed E-state index contributed by atoms with van der Waals surface area (Å²) in [7, 11) is 4.62. The van der Waals surface area contributed by atoms with E-state index in [1.54, 1.807) is 52.8 Å². The number of carbonyl (C=O) groups excluding carboxylic acids is 5. The Morgan fingerprint density at radius 3 is 2.31 bits per heavy atom. The lowest BCUT2D eigenvalue weighted by atomic mass is 9.79. The largest absolute Gasteiger partial charge is 0.390 e. The molecule has 4 rings (SSSR count). The molecule has 1 saturated carbocycles. The molecule has 2 amide bonds. The summed E-state index contributed by atoms with van der Waals surface area (Å²) in [6, 6.07) is -0.900. The number of aliphatic hydroxyl groups excluding tert-OH is 2. The molecule has 14 nitrogen and oxygen atoms in total. The minimum Gasteiger partial charge on any atom is -0.390 e. The van der Waals surface area contributed by atoms with Crippen molar-refractivity contribution in [3.8, 4) is 0 Å². The van der Waals surface area contributed by atoms with E-state index in [-0.39, 0.29) is 60.2 Å². The van der Waals surface area contributed by atoms with Crippen LogP contribution in [-0.4, -0.2) is 143 Å². The topological polar surface area (TPSA) is 198 Å². The van der Waals surface area contributed by atoms with Gasteiger partial charge >= 0.3 is 0 Å². The molecule has 2 saturated heterocycles. The second-order valence-corrected chi connectivity index (χ2v) is 21.7. The Morgan fingerprint density at radius 2 is 1.62 bits per heavy atom. The van der Waals surface area contributed by atoms with Gasteiger partial charge < -0.3 is 44.5 Å². The molecular formula is C53H84N2O12S. The Hall–Kier alpha value is -3.02. The van der Waals surface area contributed by atoms with E-state index in [1.165, 1.54) is 12.0 Å². The van der Waals surface area contributed by atoms with E-state index in [2.05, 4.69) is 12.2 Å². The lowest BCUT2D eigenvalue weighted by Crippen LogP contribution is -2.61. The Morgan fingerprint density at radius 1 is 0.882 bits per heavy atom. The minimum absolute atomic E-state index is 0.0255. The van der Waals surface area contributed by atoms with Crippen LogP contribution in [0.15, 0.2) is 47.6 Å². The molecule has 0 unspecified atom stereocenters. The molecule has 0 radical (unpaired) electrons. The first kappa shape index (κ1) is 57.6. The zero-order valence-electron chi connectivity index (χ0n) is 42.5. The Kier molecular flexibility index (Phi) is 23.3. The van der Waals surface area contributed by atoms with Crippen molar-refractivity contribution in [3.05, 3.63) is 47.6 Å². The number of carbonyl (C=O) groups is 5. The number of fused-ring (bicyclic) bond motifs is 3. The van der Waals surface area contributed by atoms with Crippen LogP contribution in [0.4, 0.5) is 0 Å². The van der Waals surface area contributed by atoms with Gasteiger partial charge in [-0.25, -0.2) is 0 Å². The number of allylic oxidation sites excluding steroid dienone is 6. The fourth-order valence-corrected chi connectivity index (χ4v) is 11.7. The molecule has 15 atom stereocenters. The summed E-state index contributed by atoms with van der Waals surface area (Å²) < 4.78 is 23.2. The lowest BCUT2D eigenvalue weighted by molar-refractivity contribution is -0.265. The highest BCUT2D eigenvalue weighted by Crippen LogP contribution is 2.38. The molecular weight excluding hydrogens is 889 g/mol. The first-order chi connectivity index (χ1) is 32.2. The van der Waals surface area contributed by atoms with Gasteiger partial charge in [0.1, 0.15) is 24.0 Å². The maximum atomic E-state index is 14.1. The first-order valence-corrected chi connectivity index (χ1v) is 26.2. The summed E-state index contributed by atoms with van der Waals surface area (Å²) in [5, 5.41) is 36.7. The molecule has 0 aromatic heterocycles. The van der Waals surface area contributed by atoms with Gasteiger partial charge in [0.15, 0.2) is 5.78 Å². The van der Waals surface area contributed by atoms with Crippen LogP contribution in [0.1, 0.15) is 126 Å². The predicted octanol–water partition coefficient (Wildman–Crippen LogP) is 6.49. The highest BCUT2D eigenvalue weighted by atomic mass is 32.2. The van der Waals surface area contributed by atoms with Crippen molar-refractivity contribution in [2.24, 2.45) is 35.5 Å². The summed E-state index contributed by atoms with van der Waals surface area (Å²) >= 11 is 1.60. The maximum Gasteiger partial charge on any atom is 0.296 e. The van der Waals surface area contributed by atoms with E-state index in [0.717, 1.165) is 24.8 Å². The summed E-state index contributed by atoms with van der Waals surface area (Å²) in [5.74, 6) is -5.76. The van der Waals surface area contributed by atoms with Crippen LogP contribution < -0.4 is 5.32 Å². The third-order valence-electron chi connectivity index (χ3n) is 15.0. The van der Waals surface area contributed by atoms with Crippen molar-refractivity contribution in [1.82, 2.24) is 10.2 Å². The van der Waals surface area contributed by atoms with Crippen LogP contribution in [0.5, 0.6) is 0 Å². The van der Waals surface area contributed by atoms with E-state index < -0.39 is 71.8 Å². The maximum absolute atomic E-state index is 14.1. The van der Waals surface area contributed by atoms with Crippen molar-refractivity contribution in [1.29, 1.82) is 0 Å². The number of thioether (sulfide) groups is 1. The molecule has 4 N–H and O–H groups in total. The number of hydrogen-bond acceptors (Lipinski definition) is 13. The third kappa shape index (κ3) is 15.7. The average Bonchev–Trinajstić information content (AvgIpc) is 3.32. The smallest absolute Gasteiger partial charge is 0.296 e. The highest BCUT2D eigenvalue weighted by Gasteiger charge is 2.53. The third-order valence-corrected chi connectivity index (χ3v) is 16.5. The average molecular weight is 973 g/mol. The predicted molar refractivity (Wildman–Crippen MR) is 265 cm³/mol. The van der Waals surface area contributed by atoms with E-state index in [1.807, 2.05) is 51.2 Å². The van der Waals surface area contributed by atoms with Gasteiger partial charge in [0, 0.05) is 76.0 Å². The van der Waals surface area contributed by atoms with E-state index in [9.17, 15) is 39.3 Å². The number of nitrogens with zero attached hydrogens (tertiary/aromatic N) is 1. The number of rotatable bonds is 6. The molecule has 3 aliphatic heterocycles. The molecule has 2 bridgehead atoms. The second-order valence-electron chi connectivity index (χ2n) is 20.3. The molecule has 1 aliphatic carbocycles. The van der Waals surface area contributed by atoms with E-state index in [4.69, 9.17) is 18.9 Å². The summed E-state index contributed by atoms with van der Waals surface area (Å²) in [5.41, 5.74) is 1.37. The fraction of sp³-hybridized carbons (Fsp3) is 0.755. The molecule has 0 aromatic carbocycles. The van der Waals surface area contributed by atoms with Crippen molar-refractivity contribution in [2.45, 2.75) is 179 Å². The van der Waals surface area contributed by atoms with Crippen LogP contribution in [0, 0.1) is 35.5 Å². The number of piperidine rings is 1. The van der Waals surface area contributed by atoms with Crippen molar-refractivity contribution >= 4 is 40.9 Å². The number of methoxy groups -OCH3 is 3. The van der Waals surface area contributed by atoms with Crippen LogP contribution in [0.25, 0.3) is 0 Å². The molecule has 3 heterocycles. The monoisotopic (exact) mass is 973 g/mol. The van der Waals surface area contributed by atoms with Crippen LogP contribution in [0.2, 0.25) is 0 Å². The standard InChI is InChI=1S/C53H84N2O12S/c1-32-16-12-11-13-17-33(2)44(64-8)30-40-21-19-38(7)53(63,67-40)50(60)52(62)55-24-15-14-18-41(55)51(61)54-23-25-68-46(35(4)28-39-20-22-42(56)45(29-39)65-9)31-43(57)34(3)27-37(6)48(59)49(66-10)47(58)36(5)26-32/h11-13,16-17,27,32,34-36,38-42,44-46,48-49,56,59,63H,14-15,18-26,28-31H2,1-10H3,(H,54,61)/b13-11+,16-12+,33-17+,37-27+/t32-,34-,35-,36+,38-,39+,40+,41+,42-,44-,45-,46+,48-,49+,53-/m1/s1. The number of nitrogens with one attached hydrogen (secondary N) is 1. The SMILES string of the molecule is CO[C@@H]1C[C@@H]2CC[C@@H](C)[C@@](O)(O2)C(=O)C(=O)N2CCCC[C@H]2C(=O)NCCS[C@H]([C@H](C)C[C@@H]2CC[C@@H](O)[C@H](OC)C2)CC(=O)[C@H](C)/C=C(\C)[C@@H](O)[C@@H](OC)C(=O)[C@@H](C)C[C@H](C)/C=C/C=C/C=C/1C. The first-order valence-electron chi connectivity index (χ1n) is 25.1. The number of hydrogen-bond donors (Lipinski definition) is 4. The summed E-state index contributed by atoms with van der Waals surface area (Å²) in [6.07, 6.45) is 14.0. The lowest BCUT2D eigenvalue weighted by Gasteiger charge is -2.42. The summed E-state index contributed by atoms with van der Waals surface area (Å²) in [4.78, 5) is 71.1. The molecule has 68 heavy (non-hydrogen) atoms. The van der Waals surface area contributed by atoms with Crippen molar-refractivity contribution in [2.75, 3.05) is 40.2 Å². The number of Topliss-reactive ketones (excluding diaryl/α,β-unsaturated/α-hetero) is 3. The quantitative estimate of drug-likeness (QED) is 0.167. The molecule has 15 heteroatoms. The normalized spacial score (nSPS) is 39.7. The molecule has 3 fully saturated rings. The van der Waals surface area contributed by atoms with Crippen LogP contribution in [0.3, 0.4) is 0 Å². The number of ether oxygens (including phenoxy) is 4. The molecule has 384 valence electrons. The fourth-order valence-electron chi connectivity index (χ4n) is 10.5. The number of ketones is 3. The molecule has 0 aromatic rings. The van der Waals surface area contributed by atoms with Gasteiger partial charge in [-0.3, -0.25) is 24.0 Å². The Labute approximate surface area is 410 Å². The summed E-state index contributed by atoms with van der Waals surface area (Å²) in [6.45, 7) is 13.6. The van der Waals surface area contributed by atoms with Crippen LogP contribution >= 0.6 is 11.8 Å². The van der Waals surface area contributed by atoms with Gasteiger partial charge in [0.2, 0.25) is 11.7 Å². The minimum atomic E-state index is -2.37. The number of amides is 2. The number of aliphatic hydroxyl groups is 3. The Bertz CT molecular complexity index is 1820. The van der Waals surface area contributed by atoms with Gasteiger partial charge in [-0.15, -0.1) is 0 Å². The zero-order chi connectivity index (χ0) is 50.3. The van der Waals surface area contributed by atoms with Gasteiger partial charge in [0.05, 0.1) is 24.4 Å². The van der Waals surface area contributed by atoms with E-state index >= 15 is 0 Å². The van der Waals surface area contributed by atoms with Gasteiger partial charge in [0.25, 0.3) is 11.7 Å². The van der Waals surface area contributed by atoms with Gasteiger partial charge in [-0.05, 0) is 107 Å². The van der Waals surface area contributed by atoms with Crippen molar-refractivity contribution in [3.63, 3.8) is 0 Å². The zero-order valence-corrected chi connectivity index (χ0v) is 43.3. The molecule has 4 aliphatic rings. The Balaban J connectivity index is 1.61. The van der Waals surface area contributed by atoms with Crippen LogP contribution in [-0.2, 0) is 42.9 Å². The van der Waals surface area contributed by atoms with Gasteiger partial charge in [-0.2, -0.15) is 11.8 Å². The second kappa shape index (κ2) is 27.5.